The summed E-state index contributed by atoms with van der Waals surface area (Å²) in [6.07, 6.45) is 6.33. The van der Waals surface area contributed by atoms with Gasteiger partial charge in [-0.15, -0.1) is 11.6 Å². The van der Waals surface area contributed by atoms with Gasteiger partial charge in [-0.25, -0.2) is 0 Å². The molecular weight excluding hydrogens is 316 g/mol. The smallest absolute Gasteiger partial charge is 0.0751 e. The van der Waals surface area contributed by atoms with Gasteiger partial charge in [0.15, 0.2) is 0 Å². The first-order valence-electron chi connectivity index (χ1n) is 9.88. The fourth-order valence-electron chi connectivity index (χ4n) is 4.10. The lowest BCUT2D eigenvalue weighted by molar-refractivity contribution is 0.0978. The molecule has 0 aromatic carbocycles. The maximum atomic E-state index is 9.69. The van der Waals surface area contributed by atoms with Crippen molar-refractivity contribution >= 4 is 11.6 Å². The Kier molecular flexibility index (Phi) is 8.56. The second kappa shape index (κ2) is 9.43. The average Bonchev–Trinajstić information content (AvgIpc) is 2.58. The van der Waals surface area contributed by atoms with Crippen molar-refractivity contribution in [3.63, 3.8) is 0 Å². The van der Waals surface area contributed by atoms with Gasteiger partial charge in [-0.3, -0.25) is 0 Å². The lowest BCUT2D eigenvalue weighted by Gasteiger charge is -2.35. The fraction of sp³-hybridized carbons (Fsp3) is 0.818. The van der Waals surface area contributed by atoms with Crippen molar-refractivity contribution < 1.29 is 5.11 Å². The van der Waals surface area contributed by atoms with Gasteiger partial charge in [0.25, 0.3) is 0 Å². The number of hydrogen-bond donors (Lipinski definition) is 1. The molecule has 0 saturated carbocycles. The predicted molar refractivity (Wildman–Crippen MR) is 107 cm³/mol. The zero-order valence-corrected chi connectivity index (χ0v) is 17.8. The molecule has 24 heavy (non-hydrogen) atoms. The summed E-state index contributed by atoms with van der Waals surface area (Å²) >= 11 is 6.22. The minimum atomic E-state index is -0.217. The molecule has 140 valence electrons. The Bertz CT molecular complexity index is 411. The maximum Gasteiger partial charge on any atom is 0.0751 e. The van der Waals surface area contributed by atoms with Crippen LogP contribution in [0, 0.1) is 35.5 Å². The number of alkyl halides is 1. The largest absolute Gasteiger partial charge is 0.389 e. The second-order valence-corrected chi connectivity index (χ2v) is 8.64. The quantitative estimate of drug-likeness (QED) is 0.445. The predicted octanol–water partition coefficient (Wildman–Crippen LogP) is 6.46. The van der Waals surface area contributed by atoms with Crippen LogP contribution in [0.2, 0.25) is 0 Å². The van der Waals surface area contributed by atoms with E-state index in [1.807, 2.05) is 0 Å². The monoisotopic (exact) mass is 354 g/mol. The highest BCUT2D eigenvalue weighted by molar-refractivity contribution is 6.22. The number of halogens is 1. The van der Waals surface area contributed by atoms with E-state index in [0.717, 1.165) is 24.7 Å². The molecule has 2 rings (SSSR count). The molecule has 0 amide bonds. The third-order valence-corrected chi connectivity index (χ3v) is 7.54. The van der Waals surface area contributed by atoms with Gasteiger partial charge in [-0.1, -0.05) is 78.7 Å². The van der Waals surface area contributed by atoms with Gasteiger partial charge in [-0.2, -0.15) is 0 Å². The summed E-state index contributed by atoms with van der Waals surface area (Å²) in [6.45, 7) is 17.9. The van der Waals surface area contributed by atoms with Crippen LogP contribution in [0.4, 0.5) is 0 Å². The normalized spacial score (nSPS) is 42.6. The van der Waals surface area contributed by atoms with Crippen LogP contribution < -0.4 is 0 Å². The van der Waals surface area contributed by atoms with E-state index in [0.29, 0.717) is 23.7 Å². The van der Waals surface area contributed by atoms with Crippen LogP contribution in [0.3, 0.4) is 0 Å². The van der Waals surface area contributed by atoms with E-state index >= 15 is 0 Å². The molecule has 0 bridgehead atoms. The van der Waals surface area contributed by atoms with Crippen molar-refractivity contribution in [2.24, 2.45) is 35.5 Å². The first kappa shape index (κ1) is 21.8. The molecule has 0 fully saturated rings. The van der Waals surface area contributed by atoms with Crippen LogP contribution in [0.5, 0.6) is 0 Å². The molecule has 0 saturated heterocycles. The van der Waals surface area contributed by atoms with Gasteiger partial charge in [0, 0.05) is 0 Å². The lowest BCUT2D eigenvalue weighted by atomic mass is 9.72. The van der Waals surface area contributed by atoms with Crippen LogP contribution in [0.25, 0.3) is 0 Å². The molecule has 0 radical (unpaired) electrons. The van der Waals surface area contributed by atoms with Crippen molar-refractivity contribution in [3.05, 3.63) is 23.3 Å². The van der Waals surface area contributed by atoms with Gasteiger partial charge >= 0.3 is 0 Å². The SMILES string of the molecule is CCC1=C[C@@H](Cl)[C@H](C)[C@@H](C)[C@@H]1C.CCC1=C[C@H](O)[C@H](C)[C@@H](C)[C@@H]1C. The molecular formula is C22H39ClO. The minimum Gasteiger partial charge on any atom is -0.389 e. The molecule has 2 heteroatoms. The van der Waals surface area contributed by atoms with Gasteiger partial charge in [-0.05, 0) is 48.3 Å². The van der Waals surface area contributed by atoms with Crippen molar-refractivity contribution in [2.75, 3.05) is 0 Å². The number of aliphatic hydroxyl groups is 1. The standard InChI is InChI=1S/C11H19Cl.C11H20O/c2*1-5-10-6-11(12)9(4)7(2)8(10)3/h6-9,11H,5H2,1-4H3;6-9,11-12H,5H2,1-4H3/t7-,8-,9+,11+;7-,8-,9+,11-/m00/s1. The zero-order chi connectivity index (χ0) is 18.6. The molecule has 0 unspecified atom stereocenters. The molecule has 1 N–H and O–H groups in total. The zero-order valence-electron chi connectivity index (χ0n) is 17.0. The van der Waals surface area contributed by atoms with E-state index in [1.54, 1.807) is 5.57 Å². The van der Waals surface area contributed by atoms with Gasteiger partial charge < -0.3 is 5.11 Å². The first-order chi connectivity index (χ1) is 11.1. The highest BCUT2D eigenvalue weighted by Crippen LogP contribution is 2.38. The Labute approximate surface area is 155 Å². The molecule has 0 aromatic heterocycles. The number of hydrogen-bond acceptors (Lipinski definition) is 1. The summed E-state index contributed by atoms with van der Waals surface area (Å²) in [7, 11) is 0. The highest BCUT2D eigenvalue weighted by Gasteiger charge is 2.31. The first-order valence-corrected chi connectivity index (χ1v) is 10.3. The van der Waals surface area contributed by atoms with E-state index in [9.17, 15) is 5.11 Å². The summed E-state index contributed by atoms with van der Waals surface area (Å²) in [5.74, 6) is 3.74. The van der Waals surface area contributed by atoms with E-state index in [4.69, 9.17) is 11.6 Å². The Morgan fingerprint density at radius 1 is 0.750 bits per heavy atom. The van der Waals surface area contributed by atoms with Gasteiger partial charge in [0.05, 0.1) is 11.5 Å². The number of allylic oxidation sites excluding steroid dienone is 3. The lowest BCUT2D eigenvalue weighted by Crippen LogP contribution is -2.32. The number of rotatable bonds is 2. The van der Waals surface area contributed by atoms with Crippen molar-refractivity contribution in [3.8, 4) is 0 Å². The molecule has 0 spiro atoms. The Balaban J connectivity index is 0.000000240. The molecule has 0 heterocycles. The third kappa shape index (κ3) is 4.88. The molecule has 2 aliphatic rings. The van der Waals surface area contributed by atoms with Crippen LogP contribution in [-0.4, -0.2) is 16.6 Å². The Morgan fingerprint density at radius 3 is 1.62 bits per heavy atom. The average molecular weight is 355 g/mol. The highest BCUT2D eigenvalue weighted by atomic mass is 35.5. The van der Waals surface area contributed by atoms with Crippen LogP contribution in [0.15, 0.2) is 23.3 Å². The Morgan fingerprint density at radius 2 is 1.17 bits per heavy atom. The third-order valence-electron chi connectivity index (χ3n) is 7.02. The summed E-state index contributed by atoms with van der Waals surface area (Å²) in [4.78, 5) is 0. The molecule has 0 aromatic rings. The minimum absolute atomic E-state index is 0.217. The molecule has 2 aliphatic carbocycles. The van der Waals surface area contributed by atoms with Gasteiger partial charge in [0.2, 0.25) is 0 Å². The molecule has 0 aliphatic heterocycles. The van der Waals surface area contributed by atoms with E-state index in [2.05, 4.69) is 67.5 Å². The summed E-state index contributed by atoms with van der Waals surface area (Å²) in [5, 5.41) is 9.95. The van der Waals surface area contributed by atoms with Gasteiger partial charge in [0.1, 0.15) is 0 Å². The van der Waals surface area contributed by atoms with Crippen molar-refractivity contribution in [1.29, 1.82) is 0 Å². The van der Waals surface area contributed by atoms with E-state index in [-0.39, 0.29) is 11.5 Å². The van der Waals surface area contributed by atoms with Crippen molar-refractivity contribution in [1.82, 2.24) is 0 Å². The number of aliphatic hydroxyl groups excluding tert-OH is 1. The van der Waals surface area contributed by atoms with E-state index < -0.39 is 0 Å². The van der Waals surface area contributed by atoms with Crippen LogP contribution in [0.1, 0.15) is 68.2 Å². The molecule has 1 nitrogen and oxygen atoms in total. The second-order valence-electron chi connectivity index (χ2n) is 8.14. The summed E-state index contributed by atoms with van der Waals surface area (Å²) < 4.78 is 0. The van der Waals surface area contributed by atoms with E-state index in [1.165, 1.54) is 5.57 Å². The topological polar surface area (TPSA) is 20.2 Å². The summed E-state index contributed by atoms with van der Waals surface area (Å²) in [6, 6.07) is 0. The molecule has 8 atom stereocenters. The van der Waals surface area contributed by atoms with Crippen LogP contribution >= 0.6 is 11.6 Å². The fourth-order valence-corrected chi connectivity index (χ4v) is 4.49. The maximum absolute atomic E-state index is 9.69. The van der Waals surface area contributed by atoms with Crippen molar-refractivity contribution in [2.45, 2.75) is 79.7 Å². The Hall–Kier alpha value is -0.270. The van der Waals surface area contributed by atoms with Crippen LogP contribution in [-0.2, 0) is 0 Å². The summed E-state index contributed by atoms with van der Waals surface area (Å²) in [5.41, 5.74) is 2.97.